The first-order valence-electron chi connectivity index (χ1n) is 7.09. The number of Topliss-reactive ketones (excluding diaryl/α,β-unsaturated/α-hetero) is 2. The Morgan fingerprint density at radius 2 is 1.90 bits per heavy atom. The molecule has 0 amide bonds. The van der Waals surface area contributed by atoms with E-state index in [4.69, 9.17) is 4.74 Å². The molecule has 0 bridgehead atoms. The van der Waals surface area contributed by atoms with Crippen LogP contribution in [0.5, 0.6) is 11.5 Å². The van der Waals surface area contributed by atoms with Gasteiger partial charge in [0.05, 0.1) is 13.0 Å². The van der Waals surface area contributed by atoms with Gasteiger partial charge in [-0.05, 0) is 31.0 Å². The zero-order valence-electron chi connectivity index (χ0n) is 13.4. The second-order valence-corrected chi connectivity index (χ2v) is 6.31. The molecular weight excluding hydrogens is 268 g/mol. The number of aryl methyl sites for hydroxylation is 1. The van der Waals surface area contributed by atoms with Crippen molar-refractivity contribution in [1.29, 1.82) is 0 Å². The van der Waals surface area contributed by atoms with E-state index in [0.29, 0.717) is 18.6 Å². The lowest BCUT2D eigenvalue weighted by Gasteiger charge is -2.21. The highest BCUT2D eigenvalue weighted by Gasteiger charge is 2.30. The van der Waals surface area contributed by atoms with Crippen LogP contribution in [0.2, 0.25) is 0 Å². The second-order valence-electron chi connectivity index (χ2n) is 6.31. The topological polar surface area (TPSA) is 63.6 Å². The van der Waals surface area contributed by atoms with Crippen molar-refractivity contribution in [3.05, 3.63) is 23.8 Å². The molecule has 0 aliphatic rings. The molecule has 1 N–H and O–H groups in total. The van der Waals surface area contributed by atoms with Gasteiger partial charge in [-0.1, -0.05) is 26.8 Å². The first-order valence-corrected chi connectivity index (χ1v) is 7.09. The number of carbonyl (C=O) groups excluding carboxylic acids is 2. The molecule has 4 nitrogen and oxygen atoms in total. The fourth-order valence-corrected chi connectivity index (χ4v) is 2.16. The molecule has 0 aliphatic heterocycles. The average molecular weight is 292 g/mol. The number of aromatic hydroxyl groups is 1. The van der Waals surface area contributed by atoms with Crippen LogP contribution in [0.25, 0.3) is 0 Å². The van der Waals surface area contributed by atoms with Gasteiger partial charge in [-0.15, -0.1) is 0 Å². The van der Waals surface area contributed by atoms with Gasteiger partial charge in [-0.2, -0.15) is 0 Å². The highest BCUT2D eigenvalue weighted by atomic mass is 16.5. The first-order chi connectivity index (χ1) is 9.66. The van der Waals surface area contributed by atoms with Crippen LogP contribution in [0, 0.1) is 11.3 Å². The minimum absolute atomic E-state index is 0.0317. The Morgan fingerprint density at radius 1 is 1.29 bits per heavy atom. The van der Waals surface area contributed by atoms with Gasteiger partial charge in [0.2, 0.25) is 0 Å². The molecule has 1 atom stereocenters. The predicted molar refractivity (Wildman–Crippen MR) is 81.6 cm³/mol. The van der Waals surface area contributed by atoms with Crippen LogP contribution in [0.1, 0.15) is 39.7 Å². The van der Waals surface area contributed by atoms with Crippen molar-refractivity contribution in [2.24, 2.45) is 11.3 Å². The Morgan fingerprint density at radius 3 is 2.43 bits per heavy atom. The summed E-state index contributed by atoms with van der Waals surface area (Å²) in [6, 6.07) is 5.00. The minimum atomic E-state index is -0.580. The number of benzene rings is 1. The van der Waals surface area contributed by atoms with Crippen molar-refractivity contribution in [3.8, 4) is 11.5 Å². The summed E-state index contributed by atoms with van der Waals surface area (Å²) in [5, 5.41) is 9.53. The van der Waals surface area contributed by atoms with Gasteiger partial charge in [0.15, 0.2) is 11.5 Å². The Hall–Kier alpha value is -1.84. The van der Waals surface area contributed by atoms with Crippen molar-refractivity contribution >= 4 is 11.6 Å². The third-order valence-electron chi connectivity index (χ3n) is 3.52. The summed E-state index contributed by atoms with van der Waals surface area (Å²) in [6.45, 7) is 7.14. The highest BCUT2D eigenvalue weighted by Crippen LogP contribution is 2.27. The molecule has 4 heteroatoms. The number of carbonyl (C=O) groups is 2. The molecule has 1 aromatic carbocycles. The largest absolute Gasteiger partial charge is 0.504 e. The Kier molecular flexibility index (Phi) is 5.53. The molecule has 0 aliphatic carbocycles. The molecule has 1 aromatic rings. The maximum absolute atomic E-state index is 12.1. The zero-order chi connectivity index (χ0) is 16.2. The zero-order valence-corrected chi connectivity index (χ0v) is 13.4. The van der Waals surface area contributed by atoms with Crippen LogP contribution in [0.15, 0.2) is 18.2 Å². The molecule has 0 saturated heterocycles. The lowest BCUT2D eigenvalue weighted by Crippen LogP contribution is -2.31. The summed E-state index contributed by atoms with van der Waals surface area (Å²) in [6.07, 6.45) is 0.828. The summed E-state index contributed by atoms with van der Waals surface area (Å²) in [4.78, 5) is 24.2. The van der Waals surface area contributed by atoms with E-state index in [0.717, 1.165) is 5.56 Å². The molecule has 0 aromatic heterocycles. The molecule has 0 saturated carbocycles. The third-order valence-corrected chi connectivity index (χ3v) is 3.52. The van der Waals surface area contributed by atoms with Crippen molar-refractivity contribution < 1.29 is 19.4 Å². The number of methoxy groups -OCH3 is 1. The van der Waals surface area contributed by atoms with Crippen molar-refractivity contribution in [3.63, 3.8) is 0 Å². The standard InChI is InChI=1S/C17H24O4/c1-11(16(20)17(2,3)4)13(18)8-6-12-7-9-14(19)15(10-12)21-5/h7,9-11,19H,6,8H2,1-5H3. The van der Waals surface area contributed by atoms with Gasteiger partial charge in [0.25, 0.3) is 0 Å². The quantitative estimate of drug-likeness (QED) is 0.818. The summed E-state index contributed by atoms with van der Waals surface area (Å²) >= 11 is 0. The number of rotatable bonds is 6. The number of ether oxygens (including phenoxy) is 1. The molecule has 0 spiro atoms. The van der Waals surface area contributed by atoms with Gasteiger partial charge in [0, 0.05) is 11.8 Å². The van der Waals surface area contributed by atoms with Gasteiger partial charge in [-0.25, -0.2) is 0 Å². The Labute approximate surface area is 126 Å². The van der Waals surface area contributed by atoms with Gasteiger partial charge in [-0.3, -0.25) is 9.59 Å². The maximum atomic E-state index is 12.1. The lowest BCUT2D eigenvalue weighted by atomic mass is 9.81. The summed E-state index contributed by atoms with van der Waals surface area (Å²) in [7, 11) is 1.48. The lowest BCUT2D eigenvalue weighted by molar-refractivity contribution is -0.136. The molecule has 0 fully saturated rings. The van der Waals surface area contributed by atoms with Crippen LogP contribution >= 0.6 is 0 Å². The van der Waals surface area contributed by atoms with E-state index in [1.807, 2.05) is 20.8 Å². The summed E-state index contributed by atoms with van der Waals surface area (Å²) in [5.41, 5.74) is 0.394. The maximum Gasteiger partial charge on any atom is 0.160 e. The third kappa shape index (κ3) is 4.59. The van der Waals surface area contributed by atoms with Gasteiger partial charge < -0.3 is 9.84 Å². The summed E-state index contributed by atoms with van der Waals surface area (Å²) in [5.74, 6) is -0.204. The van der Waals surface area contributed by atoms with Crippen molar-refractivity contribution in [2.75, 3.05) is 7.11 Å². The van der Waals surface area contributed by atoms with E-state index in [1.54, 1.807) is 25.1 Å². The Bertz CT molecular complexity index is 526. The smallest absolute Gasteiger partial charge is 0.160 e. The van der Waals surface area contributed by atoms with E-state index in [-0.39, 0.29) is 17.3 Å². The molecule has 0 heterocycles. The number of ketones is 2. The number of hydrogen-bond acceptors (Lipinski definition) is 4. The molecular formula is C17H24O4. The Balaban J connectivity index is 2.67. The van der Waals surface area contributed by atoms with Crippen LogP contribution in [0.4, 0.5) is 0 Å². The highest BCUT2D eigenvalue weighted by molar-refractivity contribution is 6.04. The van der Waals surface area contributed by atoms with E-state index >= 15 is 0 Å². The van der Waals surface area contributed by atoms with Crippen molar-refractivity contribution in [1.82, 2.24) is 0 Å². The first kappa shape index (κ1) is 17.2. The number of phenols is 1. The second kappa shape index (κ2) is 6.74. The van der Waals surface area contributed by atoms with Crippen LogP contribution in [-0.4, -0.2) is 23.8 Å². The summed E-state index contributed by atoms with van der Waals surface area (Å²) < 4.78 is 5.03. The number of hydrogen-bond donors (Lipinski definition) is 1. The predicted octanol–water partition coefficient (Wildman–Crippen LogP) is 3.15. The van der Waals surface area contributed by atoms with E-state index in [2.05, 4.69) is 0 Å². The van der Waals surface area contributed by atoms with Crippen LogP contribution in [0.3, 0.4) is 0 Å². The van der Waals surface area contributed by atoms with Gasteiger partial charge in [0.1, 0.15) is 11.6 Å². The SMILES string of the molecule is COc1cc(CCC(=O)C(C)C(=O)C(C)(C)C)ccc1O. The van der Waals surface area contributed by atoms with E-state index in [9.17, 15) is 14.7 Å². The molecule has 1 unspecified atom stereocenters. The van der Waals surface area contributed by atoms with E-state index < -0.39 is 11.3 Å². The molecule has 1 rings (SSSR count). The minimum Gasteiger partial charge on any atom is -0.504 e. The van der Waals surface area contributed by atoms with Gasteiger partial charge >= 0.3 is 0 Å². The average Bonchev–Trinajstić information content (AvgIpc) is 2.43. The van der Waals surface area contributed by atoms with Crippen molar-refractivity contribution in [2.45, 2.75) is 40.5 Å². The fourth-order valence-electron chi connectivity index (χ4n) is 2.16. The van der Waals surface area contributed by atoms with E-state index in [1.165, 1.54) is 7.11 Å². The van der Waals surface area contributed by atoms with Crippen LogP contribution in [-0.2, 0) is 16.0 Å². The normalized spacial score (nSPS) is 12.8. The monoisotopic (exact) mass is 292 g/mol. The molecule has 0 radical (unpaired) electrons. The van der Waals surface area contributed by atoms with Crippen LogP contribution < -0.4 is 4.74 Å². The fraction of sp³-hybridized carbons (Fsp3) is 0.529. The molecule has 116 valence electrons. The number of phenolic OH excluding ortho intramolecular Hbond substituents is 1. The molecule has 21 heavy (non-hydrogen) atoms.